The first-order valence-corrected chi connectivity index (χ1v) is 9.17. The van der Waals surface area contributed by atoms with Gasteiger partial charge in [-0.25, -0.2) is 0 Å². The van der Waals surface area contributed by atoms with Crippen LogP contribution in [-0.4, -0.2) is 54.2 Å². The summed E-state index contributed by atoms with van der Waals surface area (Å²) in [6.45, 7) is 0.349. The molecule has 1 fully saturated rings. The summed E-state index contributed by atoms with van der Waals surface area (Å²) in [5.41, 5.74) is 0.793. The van der Waals surface area contributed by atoms with Crippen molar-refractivity contribution in [3.8, 4) is 11.5 Å². The topological polar surface area (TPSA) is 96.3 Å². The molecule has 152 valence electrons. The SMILES string of the molecule is COCCN1C(=O)C(=O)/C(=C(\O)c2ccc(OC)cc2)C1c1ccc(O)c(Cl)c1. The number of Topliss-reactive ketones (excluding diaryl/α,β-unsaturated/α-hetero) is 1. The lowest BCUT2D eigenvalue weighted by Gasteiger charge is -2.25. The molecule has 2 aromatic rings. The van der Waals surface area contributed by atoms with Gasteiger partial charge in [-0.1, -0.05) is 17.7 Å². The highest BCUT2D eigenvalue weighted by Crippen LogP contribution is 2.41. The average molecular weight is 418 g/mol. The van der Waals surface area contributed by atoms with Gasteiger partial charge >= 0.3 is 0 Å². The van der Waals surface area contributed by atoms with Gasteiger partial charge in [0.25, 0.3) is 11.7 Å². The zero-order valence-corrected chi connectivity index (χ0v) is 16.6. The molecule has 0 spiro atoms. The van der Waals surface area contributed by atoms with Gasteiger partial charge in [-0.15, -0.1) is 0 Å². The lowest BCUT2D eigenvalue weighted by molar-refractivity contribution is -0.140. The molecule has 0 saturated carbocycles. The molecule has 8 heteroatoms. The van der Waals surface area contributed by atoms with Crippen LogP contribution in [0, 0.1) is 0 Å². The molecule has 1 atom stereocenters. The number of halogens is 1. The first-order chi connectivity index (χ1) is 13.9. The molecule has 1 heterocycles. The number of rotatable bonds is 6. The van der Waals surface area contributed by atoms with Crippen LogP contribution in [0.5, 0.6) is 11.5 Å². The fourth-order valence-electron chi connectivity index (χ4n) is 3.24. The Labute approximate surface area is 172 Å². The van der Waals surface area contributed by atoms with Crippen molar-refractivity contribution < 1.29 is 29.3 Å². The molecule has 29 heavy (non-hydrogen) atoms. The first kappa shape index (κ1) is 20.7. The van der Waals surface area contributed by atoms with Gasteiger partial charge in [0.15, 0.2) is 0 Å². The van der Waals surface area contributed by atoms with Crippen molar-refractivity contribution >= 4 is 29.1 Å². The molecule has 0 bridgehead atoms. The third kappa shape index (κ3) is 3.92. The maximum Gasteiger partial charge on any atom is 0.295 e. The maximum absolute atomic E-state index is 12.8. The molecule has 1 amide bonds. The number of ether oxygens (including phenoxy) is 2. The van der Waals surface area contributed by atoms with E-state index in [1.165, 1.54) is 31.3 Å². The fourth-order valence-corrected chi connectivity index (χ4v) is 3.43. The minimum absolute atomic E-state index is 0.0574. The molecule has 0 aromatic heterocycles. The summed E-state index contributed by atoms with van der Waals surface area (Å²) < 4.78 is 10.2. The Morgan fingerprint density at radius 1 is 1.14 bits per heavy atom. The van der Waals surface area contributed by atoms with Crippen molar-refractivity contribution in [2.45, 2.75) is 6.04 Å². The number of hydrogen-bond donors (Lipinski definition) is 2. The number of carbonyl (C=O) groups is 2. The van der Waals surface area contributed by atoms with Crippen molar-refractivity contribution in [3.05, 3.63) is 64.2 Å². The van der Waals surface area contributed by atoms with E-state index in [4.69, 9.17) is 21.1 Å². The Morgan fingerprint density at radius 3 is 2.41 bits per heavy atom. The number of aliphatic hydroxyl groups excluding tert-OH is 1. The minimum Gasteiger partial charge on any atom is -0.507 e. The van der Waals surface area contributed by atoms with Crippen LogP contribution >= 0.6 is 11.6 Å². The summed E-state index contributed by atoms with van der Waals surface area (Å²) in [6.07, 6.45) is 0. The number of methoxy groups -OCH3 is 2. The molecule has 3 rings (SSSR count). The molecule has 1 unspecified atom stereocenters. The number of nitrogens with zero attached hydrogens (tertiary/aromatic N) is 1. The fraction of sp³-hybridized carbons (Fsp3) is 0.238. The molecule has 2 aromatic carbocycles. The number of benzene rings is 2. The van der Waals surface area contributed by atoms with Gasteiger partial charge in [0, 0.05) is 19.2 Å². The highest BCUT2D eigenvalue weighted by atomic mass is 35.5. The Kier molecular flexibility index (Phi) is 6.10. The Balaban J connectivity index is 2.15. The number of phenolic OH excluding ortho intramolecular Hbond substituents is 1. The molecule has 7 nitrogen and oxygen atoms in total. The molecular formula is C21H20ClNO6. The van der Waals surface area contributed by atoms with Gasteiger partial charge in [0.05, 0.1) is 30.4 Å². The maximum atomic E-state index is 12.8. The van der Waals surface area contributed by atoms with E-state index >= 15 is 0 Å². The third-order valence-corrected chi connectivity index (χ3v) is 5.03. The largest absolute Gasteiger partial charge is 0.507 e. The standard InChI is InChI=1S/C21H20ClNO6/c1-28-10-9-23-18(13-5-8-16(24)15(22)11-13)17(20(26)21(23)27)19(25)12-3-6-14(29-2)7-4-12/h3-8,11,18,24-25H,9-10H2,1-2H3/b19-17-. The molecule has 2 N–H and O–H groups in total. The molecular weight excluding hydrogens is 398 g/mol. The van der Waals surface area contributed by atoms with Gasteiger partial charge in [0.1, 0.15) is 17.3 Å². The van der Waals surface area contributed by atoms with Crippen LogP contribution in [0.4, 0.5) is 0 Å². The predicted molar refractivity (Wildman–Crippen MR) is 107 cm³/mol. The van der Waals surface area contributed by atoms with Crippen LogP contribution in [0.2, 0.25) is 5.02 Å². The number of aromatic hydroxyl groups is 1. The van der Waals surface area contributed by atoms with Gasteiger partial charge < -0.3 is 24.6 Å². The number of likely N-dealkylation sites (tertiary alicyclic amines) is 1. The quantitative estimate of drug-likeness (QED) is 0.426. The van der Waals surface area contributed by atoms with E-state index in [0.29, 0.717) is 16.9 Å². The summed E-state index contributed by atoms with van der Waals surface area (Å²) in [5.74, 6) is -1.39. The van der Waals surface area contributed by atoms with Gasteiger partial charge in [-0.3, -0.25) is 9.59 Å². The Bertz CT molecular complexity index is 970. The number of carbonyl (C=O) groups excluding carboxylic acids is 2. The second kappa shape index (κ2) is 8.55. The lowest BCUT2D eigenvalue weighted by Crippen LogP contribution is -2.32. The van der Waals surface area contributed by atoms with Crippen molar-refractivity contribution in [1.82, 2.24) is 4.90 Å². The van der Waals surface area contributed by atoms with Crippen molar-refractivity contribution in [1.29, 1.82) is 0 Å². The van der Waals surface area contributed by atoms with E-state index in [1.807, 2.05) is 0 Å². The second-order valence-electron chi connectivity index (χ2n) is 6.42. The third-order valence-electron chi connectivity index (χ3n) is 4.73. The van der Waals surface area contributed by atoms with E-state index in [9.17, 15) is 19.8 Å². The van der Waals surface area contributed by atoms with Gasteiger partial charge in [-0.05, 0) is 42.0 Å². The summed E-state index contributed by atoms with van der Waals surface area (Å²) >= 11 is 6.04. The van der Waals surface area contributed by atoms with Gasteiger partial charge in [0.2, 0.25) is 0 Å². The number of aliphatic hydroxyl groups is 1. The smallest absolute Gasteiger partial charge is 0.295 e. The van der Waals surface area contributed by atoms with Crippen LogP contribution in [-0.2, 0) is 14.3 Å². The Hall–Kier alpha value is -3.03. The highest BCUT2D eigenvalue weighted by Gasteiger charge is 2.46. The summed E-state index contributed by atoms with van der Waals surface area (Å²) in [4.78, 5) is 26.8. The van der Waals surface area contributed by atoms with Gasteiger partial charge in [-0.2, -0.15) is 0 Å². The molecule has 0 radical (unpaired) electrons. The normalized spacial score (nSPS) is 18.3. The Morgan fingerprint density at radius 2 is 1.83 bits per heavy atom. The van der Waals surface area contributed by atoms with Crippen molar-refractivity contribution in [2.75, 3.05) is 27.4 Å². The number of hydrogen-bond acceptors (Lipinski definition) is 6. The summed E-state index contributed by atoms with van der Waals surface area (Å²) in [5, 5.41) is 20.7. The van der Waals surface area contributed by atoms with Crippen LogP contribution in [0.1, 0.15) is 17.2 Å². The van der Waals surface area contributed by atoms with Crippen molar-refractivity contribution in [2.24, 2.45) is 0 Å². The number of phenols is 1. The predicted octanol–water partition coefficient (Wildman–Crippen LogP) is 3.12. The molecule has 1 aliphatic rings. The zero-order valence-electron chi connectivity index (χ0n) is 15.9. The van der Waals surface area contributed by atoms with E-state index in [-0.39, 0.29) is 35.3 Å². The average Bonchev–Trinajstić information content (AvgIpc) is 2.98. The number of ketones is 1. The van der Waals surface area contributed by atoms with Crippen molar-refractivity contribution in [3.63, 3.8) is 0 Å². The minimum atomic E-state index is -0.870. The van der Waals surface area contributed by atoms with E-state index in [0.717, 1.165) is 0 Å². The lowest BCUT2D eigenvalue weighted by atomic mass is 9.95. The van der Waals surface area contributed by atoms with E-state index < -0.39 is 17.7 Å². The summed E-state index contributed by atoms with van der Waals surface area (Å²) in [6, 6.07) is 10.0. The van der Waals surface area contributed by atoms with Crippen LogP contribution < -0.4 is 4.74 Å². The highest BCUT2D eigenvalue weighted by molar-refractivity contribution is 6.46. The molecule has 1 saturated heterocycles. The number of amides is 1. The van der Waals surface area contributed by atoms with Crippen LogP contribution in [0.25, 0.3) is 5.76 Å². The molecule has 0 aliphatic carbocycles. The monoisotopic (exact) mass is 417 g/mol. The van der Waals surface area contributed by atoms with Crippen LogP contribution in [0.3, 0.4) is 0 Å². The summed E-state index contributed by atoms with van der Waals surface area (Å²) in [7, 11) is 3.01. The second-order valence-corrected chi connectivity index (χ2v) is 6.83. The van der Waals surface area contributed by atoms with E-state index in [1.54, 1.807) is 30.3 Å². The van der Waals surface area contributed by atoms with E-state index in [2.05, 4.69) is 0 Å². The first-order valence-electron chi connectivity index (χ1n) is 8.79. The van der Waals surface area contributed by atoms with Crippen LogP contribution in [0.15, 0.2) is 48.0 Å². The zero-order chi connectivity index (χ0) is 21.1. The molecule has 1 aliphatic heterocycles.